The summed E-state index contributed by atoms with van der Waals surface area (Å²) in [5.41, 5.74) is 3.15. The van der Waals surface area contributed by atoms with Gasteiger partial charge >= 0.3 is 0 Å². The molecule has 2 nitrogen and oxygen atoms in total. The van der Waals surface area contributed by atoms with Gasteiger partial charge in [0.05, 0.1) is 11.4 Å². The van der Waals surface area contributed by atoms with E-state index >= 15 is 0 Å². The molecule has 2 rings (SSSR count). The topological polar surface area (TPSA) is 24.9 Å². The van der Waals surface area contributed by atoms with Gasteiger partial charge in [-0.05, 0) is 31.2 Å². The molecular weight excluding hydrogens is 172 g/mol. The second-order valence-electron chi connectivity index (χ2n) is 3.13. The molecule has 0 bridgehead atoms. The van der Waals surface area contributed by atoms with Crippen LogP contribution in [-0.2, 0) is 0 Å². The second kappa shape index (κ2) is 3.92. The van der Waals surface area contributed by atoms with Gasteiger partial charge in [0.1, 0.15) is 0 Å². The fourth-order valence-corrected chi connectivity index (χ4v) is 1.29. The van der Waals surface area contributed by atoms with Gasteiger partial charge in [0.25, 0.3) is 0 Å². The van der Waals surface area contributed by atoms with Crippen LogP contribution in [0.3, 0.4) is 0 Å². The van der Waals surface area contributed by atoms with E-state index in [2.05, 4.69) is 10.3 Å². The number of nitrogens with zero attached hydrogens (tertiary/aromatic N) is 1. The lowest BCUT2D eigenvalue weighted by atomic mass is 10.2. The molecule has 1 N–H and O–H groups in total. The summed E-state index contributed by atoms with van der Waals surface area (Å²) in [5, 5.41) is 3.31. The normalized spacial score (nSPS) is 9.79. The molecule has 0 radical (unpaired) electrons. The molecular formula is C12H12N2. The number of hydrogen-bond acceptors (Lipinski definition) is 2. The van der Waals surface area contributed by atoms with Crippen molar-refractivity contribution >= 4 is 11.4 Å². The van der Waals surface area contributed by atoms with Crippen molar-refractivity contribution in [3.63, 3.8) is 0 Å². The summed E-state index contributed by atoms with van der Waals surface area (Å²) in [6.07, 6.45) is 1.80. The highest BCUT2D eigenvalue weighted by Gasteiger charge is 1.96. The van der Waals surface area contributed by atoms with Crippen LogP contribution in [0.25, 0.3) is 0 Å². The van der Waals surface area contributed by atoms with Crippen LogP contribution in [0.1, 0.15) is 5.69 Å². The number of aryl methyl sites for hydroxylation is 1. The second-order valence-corrected chi connectivity index (χ2v) is 3.13. The zero-order chi connectivity index (χ0) is 9.80. The largest absolute Gasteiger partial charge is 0.354 e. The van der Waals surface area contributed by atoms with Gasteiger partial charge in [-0.1, -0.05) is 18.2 Å². The number of nitrogens with one attached hydrogen (secondary N) is 1. The van der Waals surface area contributed by atoms with E-state index in [1.54, 1.807) is 6.20 Å². The lowest BCUT2D eigenvalue weighted by Crippen LogP contribution is -1.93. The fraction of sp³-hybridized carbons (Fsp3) is 0.0833. The Morgan fingerprint density at radius 3 is 2.50 bits per heavy atom. The van der Waals surface area contributed by atoms with Gasteiger partial charge in [0.15, 0.2) is 0 Å². The minimum absolute atomic E-state index is 1.01. The monoisotopic (exact) mass is 184 g/mol. The summed E-state index contributed by atoms with van der Waals surface area (Å²) in [4.78, 5) is 4.21. The Balaban J connectivity index is 2.24. The molecule has 0 spiro atoms. The van der Waals surface area contributed by atoms with Crippen molar-refractivity contribution in [1.82, 2.24) is 4.98 Å². The van der Waals surface area contributed by atoms with Gasteiger partial charge in [0.2, 0.25) is 0 Å². The number of hydrogen-bond donors (Lipinski definition) is 1. The highest BCUT2D eigenvalue weighted by Crippen LogP contribution is 2.17. The summed E-state index contributed by atoms with van der Waals surface area (Å²) in [6.45, 7) is 1.99. The van der Waals surface area contributed by atoms with E-state index in [-0.39, 0.29) is 0 Å². The van der Waals surface area contributed by atoms with E-state index in [1.807, 2.05) is 49.4 Å². The molecule has 0 aliphatic carbocycles. The van der Waals surface area contributed by atoms with Gasteiger partial charge in [-0.25, -0.2) is 0 Å². The Hall–Kier alpha value is -1.83. The lowest BCUT2D eigenvalue weighted by Gasteiger charge is -2.07. The van der Waals surface area contributed by atoms with E-state index < -0.39 is 0 Å². The first-order valence-electron chi connectivity index (χ1n) is 4.60. The summed E-state index contributed by atoms with van der Waals surface area (Å²) in [7, 11) is 0. The minimum Gasteiger partial charge on any atom is -0.354 e. The third kappa shape index (κ3) is 1.91. The van der Waals surface area contributed by atoms with Crippen molar-refractivity contribution in [3.05, 3.63) is 54.4 Å². The zero-order valence-electron chi connectivity index (χ0n) is 8.07. The van der Waals surface area contributed by atoms with Crippen molar-refractivity contribution in [1.29, 1.82) is 0 Å². The van der Waals surface area contributed by atoms with Crippen LogP contribution in [0.2, 0.25) is 0 Å². The fourth-order valence-electron chi connectivity index (χ4n) is 1.29. The van der Waals surface area contributed by atoms with E-state index in [4.69, 9.17) is 0 Å². The van der Waals surface area contributed by atoms with Crippen LogP contribution in [-0.4, -0.2) is 4.98 Å². The first-order valence-corrected chi connectivity index (χ1v) is 4.60. The number of para-hydroxylation sites is 1. The predicted octanol–water partition coefficient (Wildman–Crippen LogP) is 3.13. The summed E-state index contributed by atoms with van der Waals surface area (Å²) in [5.74, 6) is 0. The number of anilines is 2. The molecule has 0 atom stereocenters. The van der Waals surface area contributed by atoms with Crippen molar-refractivity contribution in [3.8, 4) is 0 Å². The molecule has 1 heterocycles. The quantitative estimate of drug-likeness (QED) is 0.775. The van der Waals surface area contributed by atoms with E-state index in [0.717, 1.165) is 17.1 Å². The van der Waals surface area contributed by atoms with Crippen LogP contribution in [0, 0.1) is 6.92 Å². The minimum atomic E-state index is 1.01. The molecule has 0 unspecified atom stereocenters. The molecule has 14 heavy (non-hydrogen) atoms. The average Bonchev–Trinajstić information content (AvgIpc) is 2.23. The van der Waals surface area contributed by atoms with Gasteiger partial charge in [0, 0.05) is 11.9 Å². The molecule has 0 saturated heterocycles. The number of benzene rings is 1. The molecule has 0 aliphatic heterocycles. The maximum absolute atomic E-state index is 4.21. The smallest absolute Gasteiger partial charge is 0.0607 e. The lowest BCUT2D eigenvalue weighted by molar-refractivity contribution is 1.20. The predicted molar refractivity (Wildman–Crippen MR) is 58.7 cm³/mol. The third-order valence-corrected chi connectivity index (χ3v) is 2.06. The maximum atomic E-state index is 4.21. The average molecular weight is 184 g/mol. The Morgan fingerprint density at radius 1 is 1.00 bits per heavy atom. The Morgan fingerprint density at radius 2 is 1.79 bits per heavy atom. The molecule has 2 aromatic rings. The molecule has 1 aromatic carbocycles. The molecule has 0 saturated carbocycles. The van der Waals surface area contributed by atoms with Crippen LogP contribution in [0.15, 0.2) is 48.7 Å². The first kappa shape index (κ1) is 8.75. The Bertz CT molecular complexity index is 410. The summed E-state index contributed by atoms with van der Waals surface area (Å²) < 4.78 is 0. The number of pyridine rings is 1. The first-order chi connectivity index (χ1) is 6.86. The molecule has 0 amide bonds. The van der Waals surface area contributed by atoms with Crippen molar-refractivity contribution in [2.45, 2.75) is 6.92 Å². The van der Waals surface area contributed by atoms with E-state index in [1.165, 1.54) is 0 Å². The standard InChI is InChI=1S/C12H12N2/c1-10-12(8-5-9-13-10)14-11-6-3-2-4-7-11/h2-9,14H,1H3. The van der Waals surface area contributed by atoms with Gasteiger partial charge in [-0.2, -0.15) is 0 Å². The van der Waals surface area contributed by atoms with Gasteiger partial charge in [-0.15, -0.1) is 0 Å². The Kier molecular flexibility index (Phi) is 2.45. The molecule has 0 aliphatic rings. The van der Waals surface area contributed by atoms with Gasteiger partial charge < -0.3 is 5.32 Å². The van der Waals surface area contributed by atoms with Crippen molar-refractivity contribution in [2.75, 3.05) is 5.32 Å². The molecule has 1 aromatic heterocycles. The van der Waals surface area contributed by atoms with Crippen LogP contribution >= 0.6 is 0 Å². The van der Waals surface area contributed by atoms with Gasteiger partial charge in [-0.3, -0.25) is 4.98 Å². The zero-order valence-corrected chi connectivity index (χ0v) is 8.07. The summed E-state index contributed by atoms with van der Waals surface area (Å²) in [6, 6.07) is 14.0. The summed E-state index contributed by atoms with van der Waals surface area (Å²) >= 11 is 0. The third-order valence-electron chi connectivity index (χ3n) is 2.06. The number of aromatic nitrogens is 1. The maximum Gasteiger partial charge on any atom is 0.0607 e. The SMILES string of the molecule is Cc1ncccc1Nc1ccccc1. The van der Waals surface area contributed by atoms with Crippen LogP contribution in [0.5, 0.6) is 0 Å². The highest BCUT2D eigenvalue weighted by atomic mass is 14.9. The van der Waals surface area contributed by atoms with Crippen molar-refractivity contribution in [2.24, 2.45) is 0 Å². The van der Waals surface area contributed by atoms with Crippen LogP contribution < -0.4 is 5.32 Å². The van der Waals surface area contributed by atoms with E-state index in [9.17, 15) is 0 Å². The number of rotatable bonds is 2. The molecule has 2 heteroatoms. The highest BCUT2D eigenvalue weighted by molar-refractivity contribution is 5.60. The van der Waals surface area contributed by atoms with Crippen molar-refractivity contribution < 1.29 is 0 Å². The Labute approximate surface area is 83.6 Å². The molecule has 70 valence electrons. The van der Waals surface area contributed by atoms with Crippen LogP contribution in [0.4, 0.5) is 11.4 Å². The van der Waals surface area contributed by atoms with E-state index in [0.29, 0.717) is 0 Å². The molecule has 0 fully saturated rings.